The van der Waals surface area contributed by atoms with Crippen LogP contribution in [0.1, 0.15) is 0 Å². The van der Waals surface area contributed by atoms with Crippen molar-refractivity contribution in [3.8, 4) is 45.5 Å². The Hall–Kier alpha value is -7.43. The number of nitrogens with zero attached hydrogens (tertiary/aromatic N) is 7. The Kier molecular flexibility index (Phi) is 6.73. The molecule has 10 aromatic rings. The fourth-order valence-corrected chi connectivity index (χ4v) is 7.34. The molecular weight excluding hydrogens is 639 g/mol. The molecular formula is C45H27N7. The molecule has 0 saturated heterocycles. The summed E-state index contributed by atoms with van der Waals surface area (Å²) in [5.74, 6) is 1.61. The summed E-state index contributed by atoms with van der Waals surface area (Å²) in [5.41, 5.74) is 9.28. The second kappa shape index (κ2) is 11.9. The summed E-state index contributed by atoms with van der Waals surface area (Å²) in [6, 6.07) is 53.4. The number of benzene rings is 6. The van der Waals surface area contributed by atoms with E-state index >= 15 is 0 Å². The van der Waals surface area contributed by atoms with Gasteiger partial charge in [-0.3, -0.25) is 4.57 Å². The molecule has 0 amide bonds. The van der Waals surface area contributed by atoms with E-state index in [0.717, 1.165) is 66.4 Å². The van der Waals surface area contributed by atoms with Gasteiger partial charge in [-0.2, -0.15) is 0 Å². The largest absolute Gasteiger partial charge is 0.309 e. The summed E-state index contributed by atoms with van der Waals surface area (Å²) in [5, 5.41) is 4.54. The molecule has 0 N–H and O–H groups in total. The SMILES string of the molecule is [C-]#[N+]c1cccc(-c2nc(-c3ccccc3)nc(-c3cccc(-n4c5ncccc5c5ccc6c(c7ccccc7n6-c6ccccc6)c54)c3)n2)c1. The van der Waals surface area contributed by atoms with E-state index < -0.39 is 0 Å². The number of para-hydroxylation sites is 2. The summed E-state index contributed by atoms with van der Waals surface area (Å²) in [6.07, 6.45) is 1.85. The highest BCUT2D eigenvalue weighted by atomic mass is 15.1. The molecule has 0 unspecified atom stereocenters. The van der Waals surface area contributed by atoms with Crippen molar-refractivity contribution >= 4 is 49.4 Å². The zero-order valence-corrected chi connectivity index (χ0v) is 27.7. The number of pyridine rings is 1. The van der Waals surface area contributed by atoms with Crippen LogP contribution in [0.3, 0.4) is 0 Å². The minimum atomic E-state index is 0.508. The molecule has 0 aliphatic rings. The molecule has 52 heavy (non-hydrogen) atoms. The van der Waals surface area contributed by atoms with Crippen molar-refractivity contribution in [2.75, 3.05) is 0 Å². The first-order chi connectivity index (χ1) is 25.7. The fraction of sp³-hybridized carbons (Fsp3) is 0. The van der Waals surface area contributed by atoms with Gasteiger partial charge in [-0.25, -0.2) is 24.8 Å². The van der Waals surface area contributed by atoms with Crippen LogP contribution >= 0.6 is 0 Å². The van der Waals surface area contributed by atoms with Crippen LogP contribution in [0.2, 0.25) is 0 Å². The molecule has 0 aliphatic heterocycles. The van der Waals surface area contributed by atoms with Crippen molar-refractivity contribution in [3.63, 3.8) is 0 Å². The highest BCUT2D eigenvalue weighted by Gasteiger charge is 2.22. The van der Waals surface area contributed by atoms with Gasteiger partial charge in [0.2, 0.25) is 0 Å². The van der Waals surface area contributed by atoms with E-state index in [1.165, 1.54) is 5.39 Å². The molecule has 0 saturated carbocycles. The highest BCUT2D eigenvalue weighted by molar-refractivity contribution is 6.25. The highest BCUT2D eigenvalue weighted by Crippen LogP contribution is 2.41. The molecule has 0 radical (unpaired) electrons. The van der Waals surface area contributed by atoms with Crippen LogP contribution in [0.4, 0.5) is 5.69 Å². The summed E-state index contributed by atoms with van der Waals surface area (Å²) in [4.78, 5) is 23.5. The quantitative estimate of drug-likeness (QED) is 0.172. The Bertz CT molecular complexity index is 3030. The first-order valence-corrected chi connectivity index (χ1v) is 17.0. The van der Waals surface area contributed by atoms with Crippen LogP contribution in [0, 0.1) is 6.57 Å². The Labute approximate surface area is 298 Å². The molecule has 4 aromatic heterocycles. The van der Waals surface area contributed by atoms with E-state index in [9.17, 15) is 0 Å². The van der Waals surface area contributed by atoms with Crippen molar-refractivity contribution in [2.24, 2.45) is 0 Å². The van der Waals surface area contributed by atoms with E-state index in [-0.39, 0.29) is 0 Å². The van der Waals surface area contributed by atoms with Gasteiger partial charge in [-0.15, -0.1) is 0 Å². The molecule has 7 nitrogen and oxygen atoms in total. The van der Waals surface area contributed by atoms with E-state index in [0.29, 0.717) is 23.2 Å². The summed E-state index contributed by atoms with van der Waals surface area (Å²) in [6.45, 7) is 7.57. The van der Waals surface area contributed by atoms with E-state index in [2.05, 4.69) is 98.9 Å². The molecule has 6 aromatic carbocycles. The molecule has 4 heterocycles. The van der Waals surface area contributed by atoms with Crippen molar-refractivity contribution in [1.82, 2.24) is 29.1 Å². The van der Waals surface area contributed by atoms with Crippen molar-refractivity contribution in [1.29, 1.82) is 0 Å². The van der Waals surface area contributed by atoms with Gasteiger partial charge < -0.3 is 4.57 Å². The lowest BCUT2D eigenvalue weighted by Gasteiger charge is -2.12. The first kappa shape index (κ1) is 29.5. The summed E-state index contributed by atoms with van der Waals surface area (Å²) < 4.78 is 4.62. The van der Waals surface area contributed by atoms with Crippen LogP contribution < -0.4 is 0 Å². The number of fused-ring (bicyclic) bond motifs is 7. The standard InChI is InChI=1S/C45H27N7/c1-46-32-17-10-15-30(27-32)43-48-42(29-13-4-2-5-14-29)49-44(50-43)31-16-11-20-34(28-31)52-41-35(36-22-12-26-47-45(36)52)24-25-39-40(41)37-21-8-9-23-38(37)51(39)33-18-6-3-7-19-33/h2-28H. The Morgan fingerprint density at radius 2 is 1.10 bits per heavy atom. The van der Waals surface area contributed by atoms with Gasteiger partial charge in [0.05, 0.1) is 23.1 Å². The third kappa shape index (κ3) is 4.67. The molecule has 0 spiro atoms. The Morgan fingerprint density at radius 3 is 1.88 bits per heavy atom. The maximum Gasteiger partial charge on any atom is 0.187 e. The summed E-state index contributed by atoms with van der Waals surface area (Å²) >= 11 is 0. The Balaban J connectivity index is 1.24. The monoisotopic (exact) mass is 665 g/mol. The number of rotatable bonds is 5. The zero-order valence-electron chi connectivity index (χ0n) is 27.7. The summed E-state index contributed by atoms with van der Waals surface area (Å²) in [7, 11) is 0. The lowest BCUT2D eigenvalue weighted by atomic mass is 10.1. The minimum Gasteiger partial charge on any atom is -0.309 e. The molecule has 242 valence electrons. The third-order valence-corrected chi connectivity index (χ3v) is 9.60. The van der Waals surface area contributed by atoms with Crippen molar-refractivity contribution in [3.05, 3.63) is 175 Å². The van der Waals surface area contributed by atoms with Gasteiger partial charge in [0.25, 0.3) is 0 Å². The van der Waals surface area contributed by atoms with Crippen LogP contribution in [-0.4, -0.2) is 29.1 Å². The maximum absolute atomic E-state index is 7.57. The number of aromatic nitrogens is 6. The normalized spacial score (nSPS) is 11.4. The molecule has 0 bridgehead atoms. The molecule has 0 aliphatic carbocycles. The maximum atomic E-state index is 7.57. The predicted octanol–water partition coefficient (Wildman–Crippen LogP) is 11.0. The first-order valence-electron chi connectivity index (χ1n) is 17.0. The van der Waals surface area contributed by atoms with Crippen LogP contribution in [0.5, 0.6) is 0 Å². The van der Waals surface area contributed by atoms with Gasteiger partial charge >= 0.3 is 0 Å². The average Bonchev–Trinajstić information content (AvgIpc) is 3.74. The van der Waals surface area contributed by atoms with Crippen LogP contribution in [-0.2, 0) is 0 Å². The van der Waals surface area contributed by atoms with Crippen LogP contribution in [0.15, 0.2) is 164 Å². The van der Waals surface area contributed by atoms with Gasteiger partial charge in [-0.05, 0) is 54.6 Å². The van der Waals surface area contributed by atoms with E-state index in [1.54, 1.807) is 6.07 Å². The lowest BCUT2D eigenvalue weighted by Crippen LogP contribution is -2.01. The van der Waals surface area contributed by atoms with E-state index in [1.807, 2.05) is 72.9 Å². The minimum absolute atomic E-state index is 0.508. The van der Waals surface area contributed by atoms with Crippen LogP contribution in [0.25, 0.3) is 94.1 Å². The fourth-order valence-electron chi connectivity index (χ4n) is 7.34. The molecule has 0 fully saturated rings. The number of hydrogen-bond donors (Lipinski definition) is 0. The smallest absolute Gasteiger partial charge is 0.187 e. The second-order valence-corrected chi connectivity index (χ2v) is 12.6. The molecule has 0 atom stereocenters. The molecule has 7 heteroatoms. The lowest BCUT2D eigenvalue weighted by molar-refractivity contribution is 1.07. The third-order valence-electron chi connectivity index (χ3n) is 9.60. The Morgan fingerprint density at radius 1 is 0.462 bits per heavy atom. The van der Waals surface area contributed by atoms with E-state index in [4.69, 9.17) is 26.5 Å². The number of hydrogen-bond acceptors (Lipinski definition) is 4. The predicted molar refractivity (Wildman–Crippen MR) is 209 cm³/mol. The second-order valence-electron chi connectivity index (χ2n) is 12.6. The average molecular weight is 666 g/mol. The van der Waals surface area contributed by atoms with Gasteiger partial charge in [0.15, 0.2) is 23.2 Å². The van der Waals surface area contributed by atoms with Gasteiger partial charge in [0, 0.05) is 55.8 Å². The van der Waals surface area contributed by atoms with Crippen molar-refractivity contribution < 1.29 is 0 Å². The zero-order chi connectivity index (χ0) is 34.6. The van der Waals surface area contributed by atoms with Gasteiger partial charge in [-0.1, -0.05) is 103 Å². The van der Waals surface area contributed by atoms with Gasteiger partial charge in [0.1, 0.15) is 5.65 Å². The molecule has 10 rings (SSSR count). The van der Waals surface area contributed by atoms with Crippen molar-refractivity contribution in [2.45, 2.75) is 0 Å². The topological polar surface area (TPSA) is 65.8 Å².